The summed E-state index contributed by atoms with van der Waals surface area (Å²) in [5.41, 5.74) is -0.748. The molecule has 2 aromatic heterocycles. The molecule has 0 unspecified atom stereocenters. The van der Waals surface area contributed by atoms with Gasteiger partial charge in [-0.3, -0.25) is 4.79 Å². The lowest BCUT2D eigenvalue weighted by molar-refractivity contribution is -0.141. The number of nitrogens with one attached hydrogen (secondary N) is 1. The van der Waals surface area contributed by atoms with Gasteiger partial charge in [0.2, 0.25) is 5.91 Å². The minimum Gasteiger partial charge on any atom is -0.463 e. The summed E-state index contributed by atoms with van der Waals surface area (Å²) in [5.74, 6) is -0.516. The maximum absolute atomic E-state index is 13.1. The van der Waals surface area contributed by atoms with E-state index in [-0.39, 0.29) is 27.4 Å². The maximum atomic E-state index is 13.1. The number of benzene rings is 1. The lowest BCUT2D eigenvalue weighted by atomic mass is 10.2. The molecule has 146 valence electrons. The molecule has 0 atom stereocenters. The van der Waals surface area contributed by atoms with E-state index in [1.807, 2.05) is 0 Å². The molecular formula is C17H10Cl2F3N3O2S. The summed E-state index contributed by atoms with van der Waals surface area (Å²) < 4.78 is 44.4. The summed E-state index contributed by atoms with van der Waals surface area (Å²) >= 11 is 12.4. The van der Waals surface area contributed by atoms with Crippen molar-refractivity contribution in [1.82, 2.24) is 9.97 Å². The number of carbonyl (C=O) groups excluding carboxylic acids is 1. The fourth-order valence-electron chi connectivity index (χ4n) is 2.09. The summed E-state index contributed by atoms with van der Waals surface area (Å²) in [4.78, 5) is 19.6. The zero-order valence-electron chi connectivity index (χ0n) is 13.8. The predicted octanol–water partition coefficient (Wildman–Crippen LogP) is 5.79. The molecule has 2 heterocycles. The summed E-state index contributed by atoms with van der Waals surface area (Å²) in [6.45, 7) is 0. The fourth-order valence-corrected chi connectivity index (χ4v) is 3.04. The molecule has 0 fully saturated rings. The van der Waals surface area contributed by atoms with Crippen molar-refractivity contribution < 1.29 is 22.4 Å². The standard InChI is InChI=1S/C17H10Cl2F3N3O2S/c18-10-4-3-9(6-11(10)19)23-15(26)8-28-16-24-12(13-2-1-5-27-13)7-14(25-16)17(20,21)22/h1-7H,8H2,(H,23,26). The Morgan fingerprint density at radius 2 is 1.93 bits per heavy atom. The van der Waals surface area contributed by atoms with Gasteiger partial charge in [-0.15, -0.1) is 0 Å². The number of amides is 1. The van der Waals surface area contributed by atoms with Crippen molar-refractivity contribution in [2.24, 2.45) is 0 Å². The Labute approximate surface area is 171 Å². The SMILES string of the molecule is O=C(CSc1nc(-c2ccco2)cc(C(F)(F)F)n1)Nc1ccc(Cl)c(Cl)c1. The first kappa shape index (κ1) is 20.5. The third kappa shape index (κ3) is 5.18. The first-order valence-corrected chi connectivity index (χ1v) is 9.34. The summed E-state index contributed by atoms with van der Waals surface area (Å²) in [6.07, 6.45) is -3.34. The van der Waals surface area contributed by atoms with E-state index in [4.69, 9.17) is 27.6 Å². The molecule has 0 bridgehead atoms. The number of furan rings is 1. The molecule has 28 heavy (non-hydrogen) atoms. The Balaban J connectivity index is 1.75. The molecule has 1 amide bonds. The fraction of sp³-hybridized carbons (Fsp3) is 0.118. The molecular weight excluding hydrogens is 438 g/mol. The van der Waals surface area contributed by atoms with Crippen LogP contribution in [0.1, 0.15) is 5.69 Å². The molecule has 0 aliphatic rings. The van der Waals surface area contributed by atoms with Crippen molar-refractivity contribution in [3.63, 3.8) is 0 Å². The Morgan fingerprint density at radius 3 is 2.57 bits per heavy atom. The van der Waals surface area contributed by atoms with Crippen LogP contribution in [0, 0.1) is 0 Å². The van der Waals surface area contributed by atoms with Crippen molar-refractivity contribution in [2.75, 3.05) is 11.1 Å². The number of halogens is 5. The number of rotatable bonds is 5. The molecule has 0 saturated carbocycles. The maximum Gasteiger partial charge on any atom is 0.433 e. The van der Waals surface area contributed by atoms with Crippen LogP contribution < -0.4 is 5.32 Å². The Kier molecular flexibility index (Phi) is 6.17. The van der Waals surface area contributed by atoms with E-state index in [1.165, 1.54) is 30.5 Å². The molecule has 11 heteroatoms. The van der Waals surface area contributed by atoms with E-state index in [1.54, 1.807) is 6.07 Å². The zero-order chi connectivity index (χ0) is 20.3. The van der Waals surface area contributed by atoms with E-state index in [9.17, 15) is 18.0 Å². The number of carbonyl (C=O) groups is 1. The van der Waals surface area contributed by atoms with E-state index in [0.717, 1.165) is 17.8 Å². The third-order valence-corrected chi connectivity index (χ3v) is 4.89. The van der Waals surface area contributed by atoms with Gasteiger partial charge in [-0.05, 0) is 36.4 Å². The van der Waals surface area contributed by atoms with Crippen LogP contribution >= 0.6 is 35.0 Å². The van der Waals surface area contributed by atoms with Crippen LogP contribution in [0.15, 0.2) is 52.2 Å². The van der Waals surface area contributed by atoms with Crippen LogP contribution in [-0.2, 0) is 11.0 Å². The number of alkyl halides is 3. The number of thioether (sulfide) groups is 1. The van der Waals surface area contributed by atoms with E-state index >= 15 is 0 Å². The molecule has 0 aliphatic heterocycles. The molecule has 0 saturated heterocycles. The normalized spacial score (nSPS) is 11.5. The highest BCUT2D eigenvalue weighted by molar-refractivity contribution is 7.99. The molecule has 3 aromatic rings. The molecule has 1 aromatic carbocycles. The highest BCUT2D eigenvalue weighted by atomic mass is 35.5. The van der Waals surface area contributed by atoms with Gasteiger partial charge >= 0.3 is 6.18 Å². The number of hydrogen-bond acceptors (Lipinski definition) is 5. The second kappa shape index (κ2) is 8.42. The summed E-state index contributed by atoms with van der Waals surface area (Å²) in [5, 5.41) is 2.96. The van der Waals surface area contributed by atoms with Gasteiger partial charge in [-0.1, -0.05) is 35.0 Å². The smallest absolute Gasteiger partial charge is 0.433 e. The highest BCUT2D eigenvalue weighted by Crippen LogP contribution is 2.32. The van der Waals surface area contributed by atoms with Gasteiger partial charge in [0.25, 0.3) is 0 Å². The van der Waals surface area contributed by atoms with Crippen LogP contribution in [0.25, 0.3) is 11.5 Å². The topological polar surface area (TPSA) is 68.0 Å². The van der Waals surface area contributed by atoms with Gasteiger partial charge in [0.05, 0.1) is 22.1 Å². The van der Waals surface area contributed by atoms with Crippen LogP contribution in [0.4, 0.5) is 18.9 Å². The molecule has 0 aliphatic carbocycles. The van der Waals surface area contributed by atoms with Gasteiger partial charge in [0.15, 0.2) is 10.9 Å². The third-order valence-electron chi connectivity index (χ3n) is 3.31. The average Bonchev–Trinajstić information content (AvgIpc) is 3.17. The minimum absolute atomic E-state index is 0.0280. The second-order valence-corrected chi connectivity index (χ2v) is 7.12. The van der Waals surface area contributed by atoms with Crippen LogP contribution in [0.5, 0.6) is 0 Å². The molecule has 0 spiro atoms. The number of anilines is 1. The summed E-state index contributed by atoms with van der Waals surface area (Å²) in [6, 6.07) is 8.32. The Hall–Kier alpha value is -2.23. The second-order valence-electron chi connectivity index (χ2n) is 5.36. The summed E-state index contributed by atoms with van der Waals surface area (Å²) in [7, 11) is 0. The van der Waals surface area contributed by atoms with Crippen LogP contribution in [-0.4, -0.2) is 21.6 Å². The monoisotopic (exact) mass is 447 g/mol. The largest absolute Gasteiger partial charge is 0.463 e. The van der Waals surface area contributed by atoms with Gasteiger partial charge in [-0.25, -0.2) is 9.97 Å². The van der Waals surface area contributed by atoms with Crippen molar-refractivity contribution in [2.45, 2.75) is 11.3 Å². The number of nitrogens with zero attached hydrogens (tertiary/aromatic N) is 2. The predicted molar refractivity (Wildman–Crippen MR) is 101 cm³/mol. The molecule has 0 radical (unpaired) electrons. The zero-order valence-corrected chi connectivity index (χ0v) is 16.1. The van der Waals surface area contributed by atoms with E-state index in [0.29, 0.717) is 10.7 Å². The van der Waals surface area contributed by atoms with Gasteiger partial charge < -0.3 is 9.73 Å². The van der Waals surface area contributed by atoms with Crippen LogP contribution in [0.2, 0.25) is 10.0 Å². The molecule has 3 rings (SSSR count). The van der Waals surface area contributed by atoms with E-state index < -0.39 is 17.8 Å². The van der Waals surface area contributed by atoms with Crippen LogP contribution in [0.3, 0.4) is 0 Å². The van der Waals surface area contributed by atoms with Gasteiger partial charge in [0.1, 0.15) is 11.4 Å². The van der Waals surface area contributed by atoms with Crippen molar-refractivity contribution in [1.29, 1.82) is 0 Å². The van der Waals surface area contributed by atoms with Gasteiger partial charge in [0, 0.05) is 5.69 Å². The number of aromatic nitrogens is 2. The van der Waals surface area contributed by atoms with Crippen molar-refractivity contribution >= 4 is 46.6 Å². The molecule has 1 N–H and O–H groups in total. The van der Waals surface area contributed by atoms with Crippen molar-refractivity contribution in [3.05, 3.63) is 58.4 Å². The average molecular weight is 448 g/mol. The number of hydrogen-bond donors (Lipinski definition) is 1. The van der Waals surface area contributed by atoms with Crippen molar-refractivity contribution in [3.8, 4) is 11.5 Å². The Bertz CT molecular complexity index is 998. The first-order valence-electron chi connectivity index (χ1n) is 7.60. The lowest BCUT2D eigenvalue weighted by Gasteiger charge is -2.10. The minimum atomic E-state index is -4.66. The quantitative estimate of drug-likeness (QED) is 0.395. The van der Waals surface area contributed by atoms with Gasteiger partial charge in [-0.2, -0.15) is 13.2 Å². The first-order chi connectivity index (χ1) is 13.2. The molecule has 5 nitrogen and oxygen atoms in total. The Morgan fingerprint density at radius 1 is 1.14 bits per heavy atom. The lowest BCUT2D eigenvalue weighted by Crippen LogP contribution is -2.15. The highest BCUT2D eigenvalue weighted by Gasteiger charge is 2.34. The van der Waals surface area contributed by atoms with E-state index in [2.05, 4.69) is 15.3 Å².